The van der Waals surface area contributed by atoms with Gasteiger partial charge >= 0.3 is 0 Å². The van der Waals surface area contributed by atoms with Gasteiger partial charge < -0.3 is 10.8 Å². The van der Waals surface area contributed by atoms with Gasteiger partial charge in [-0.2, -0.15) is 0 Å². The standard InChI is InChI=1S/C7H16N2O/c1-9-4-6(8)2-3-7(9)5-10/h6-7,10H,2-5,8H2,1H3/t6-,7+/m0/s1. The predicted octanol–water partition coefficient (Wildman–Crippen LogP) is -0.600. The number of hydrogen-bond acceptors (Lipinski definition) is 3. The maximum Gasteiger partial charge on any atom is 0.0586 e. The molecule has 1 rings (SSSR count). The van der Waals surface area contributed by atoms with E-state index < -0.39 is 0 Å². The summed E-state index contributed by atoms with van der Waals surface area (Å²) in [5, 5.41) is 8.87. The van der Waals surface area contributed by atoms with Crippen LogP contribution >= 0.6 is 0 Å². The Morgan fingerprint density at radius 2 is 2.30 bits per heavy atom. The van der Waals surface area contributed by atoms with E-state index in [9.17, 15) is 0 Å². The molecule has 1 fully saturated rings. The topological polar surface area (TPSA) is 49.5 Å². The van der Waals surface area contributed by atoms with Crippen LogP contribution in [0.25, 0.3) is 0 Å². The van der Waals surface area contributed by atoms with Crippen LogP contribution in [-0.2, 0) is 0 Å². The van der Waals surface area contributed by atoms with Gasteiger partial charge in [0.05, 0.1) is 6.61 Å². The lowest BCUT2D eigenvalue weighted by Gasteiger charge is -2.34. The van der Waals surface area contributed by atoms with Gasteiger partial charge in [-0.15, -0.1) is 0 Å². The largest absolute Gasteiger partial charge is 0.395 e. The minimum Gasteiger partial charge on any atom is -0.395 e. The Balaban J connectivity index is 2.36. The molecular formula is C7H16N2O. The molecule has 0 aromatic rings. The highest BCUT2D eigenvalue weighted by molar-refractivity contribution is 4.80. The van der Waals surface area contributed by atoms with Gasteiger partial charge in [0.25, 0.3) is 0 Å². The molecule has 2 atom stereocenters. The van der Waals surface area contributed by atoms with Crippen molar-refractivity contribution in [1.29, 1.82) is 0 Å². The summed E-state index contributed by atoms with van der Waals surface area (Å²) in [6, 6.07) is 0.660. The van der Waals surface area contributed by atoms with Crippen molar-refractivity contribution in [3.63, 3.8) is 0 Å². The Bertz CT molecular complexity index is 108. The van der Waals surface area contributed by atoms with E-state index in [1.54, 1.807) is 0 Å². The van der Waals surface area contributed by atoms with Crippen molar-refractivity contribution in [2.24, 2.45) is 5.73 Å². The number of rotatable bonds is 1. The minimum absolute atomic E-state index is 0.267. The van der Waals surface area contributed by atoms with E-state index >= 15 is 0 Å². The Hall–Kier alpha value is -0.120. The zero-order valence-corrected chi connectivity index (χ0v) is 6.45. The highest BCUT2D eigenvalue weighted by atomic mass is 16.3. The lowest BCUT2D eigenvalue weighted by atomic mass is 10.0. The first-order valence-corrected chi connectivity index (χ1v) is 3.80. The van der Waals surface area contributed by atoms with Gasteiger partial charge in [-0.3, -0.25) is 4.90 Å². The number of piperidine rings is 1. The molecule has 60 valence electrons. The third kappa shape index (κ3) is 1.68. The molecule has 0 saturated carbocycles. The molecule has 3 heteroatoms. The molecular weight excluding hydrogens is 128 g/mol. The summed E-state index contributed by atoms with van der Waals surface area (Å²) in [6.07, 6.45) is 2.09. The first-order chi connectivity index (χ1) is 4.74. The van der Waals surface area contributed by atoms with Gasteiger partial charge in [0.15, 0.2) is 0 Å². The average Bonchev–Trinajstić information content (AvgIpc) is 1.88. The fourth-order valence-corrected chi connectivity index (χ4v) is 1.47. The van der Waals surface area contributed by atoms with Crippen molar-refractivity contribution in [2.45, 2.75) is 24.9 Å². The maximum atomic E-state index is 8.87. The van der Waals surface area contributed by atoms with Gasteiger partial charge in [0.1, 0.15) is 0 Å². The third-order valence-corrected chi connectivity index (χ3v) is 2.23. The highest BCUT2D eigenvalue weighted by Crippen LogP contribution is 2.13. The Kier molecular flexibility index (Phi) is 2.65. The molecule has 1 saturated heterocycles. The number of nitrogens with zero attached hydrogens (tertiary/aromatic N) is 1. The summed E-state index contributed by atoms with van der Waals surface area (Å²) in [5.41, 5.74) is 5.72. The molecule has 0 spiro atoms. The van der Waals surface area contributed by atoms with Crippen molar-refractivity contribution in [2.75, 3.05) is 20.2 Å². The van der Waals surface area contributed by atoms with Gasteiger partial charge in [0, 0.05) is 18.6 Å². The summed E-state index contributed by atoms with van der Waals surface area (Å²) < 4.78 is 0. The molecule has 3 N–H and O–H groups in total. The summed E-state index contributed by atoms with van der Waals surface area (Å²) in [7, 11) is 2.01. The fourth-order valence-electron chi connectivity index (χ4n) is 1.47. The molecule has 0 aromatic heterocycles. The number of likely N-dealkylation sites (N-methyl/N-ethyl adjacent to an activating group) is 1. The second kappa shape index (κ2) is 3.32. The normalized spacial score (nSPS) is 36.3. The number of likely N-dealkylation sites (tertiary alicyclic amines) is 1. The zero-order valence-electron chi connectivity index (χ0n) is 6.45. The van der Waals surface area contributed by atoms with Crippen LogP contribution in [0.1, 0.15) is 12.8 Å². The van der Waals surface area contributed by atoms with E-state index in [1.165, 1.54) is 0 Å². The molecule has 0 unspecified atom stereocenters. The molecule has 3 nitrogen and oxygen atoms in total. The SMILES string of the molecule is CN1C[C@@H](N)CC[C@@H]1CO. The van der Waals surface area contributed by atoms with Gasteiger partial charge in [0.2, 0.25) is 0 Å². The van der Waals surface area contributed by atoms with E-state index in [0.717, 1.165) is 19.4 Å². The lowest BCUT2D eigenvalue weighted by Crippen LogP contribution is -2.47. The zero-order chi connectivity index (χ0) is 7.56. The average molecular weight is 144 g/mol. The lowest BCUT2D eigenvalue weighted by molar-refractivity contribution is 0.104. The minimum atomic E-state index is 0.267. The first kappa shape index (κ1) is 7.98. The van der Waals surface area contributed by atoms with E-state index in [4.69, 9.17) is 10.8 Å². The Morgan fingerprint density at radius 3 is 2.80 bits per heavy atom. The molecule has 0 bridgehead atoms. The molecule has 1 heterocycles. The third-order valence-electron chi connectivity index (χ3n) is 2.23. The smallest absolute Gasteiger partial charge is 0.0586 e. The molecule has 1 aliphatic heterocycles. The van der Waals surface area contributed by atoms with Crippen molar-refractivity contribution >= 4 is 0 Å². The Labute approximate surface area is 61.8 Å². The first-order valence-electron chi connectivity index (χ1n) is 3.80. The number of aliphatic hydroxyl groups is 1. The number of hydrogen-bond donors (Lipinski definition) is 2. The molecule has 10 heavy (non-hydrogen) atoms. The maximum absolute atomic E-state index is 8.87. The van der Waals surface area contributed by atoms with Crippen molar-refractivity contribution < 1.29 is 5.11 Å². The van der Waals surface area contributed by atoms with Crippen LogP contribution in [0, 0.1) is 0 Å². The van der Waals surface area contributed by atoms with E-state index in [1.807, 2.05) is 7.05 Å². The van der Waals surface area contributed by atoms with Crippen LogP contribution in [-0.4, -0.2) is 42.3 Å². The van der Waals surface area contributed by atoms with E-state index in [0.29, 0.717) is 12.1 Å². The van der Waals surface area contributed by atoms with Crippen LogP contribution in [0.3, 0.4) is 0 Å². The fraction of sp³-hybridized carbons (Fsp3) is 1.00. The molecule has 1 aliphatic rings. The van der Waals surface area contributed by atoms with Crippen LogP contribution in [0.4, 0.5) is 0 Å². The molecule has 0 aliphatic carbocycles. The summed E-state index contributed by atoms with van der Waals surface area (Å²) in [5.74, 6) is 0. The van der Waals surface area contributed by atoms with E-state index in [2.05, 4.69) is 4.90 Å². The van der Waals surface area contributed by atoms with Crippen LogP contribution in [0.2, 0.25) is 0 Å². The van der Waals surface area contributed by atoms with Crippen LogP contribution in [0.15, 0.2) is 0 Å². The van der Waals surface area contributed by atoms with Gasteiger partial charge in [-0.1, -0.05) is 0 Å². The number of nitrogens with two attached hydrogens (primary N) is 1. The summed E-state index contributed by atoms with van der Waals surface area (Å²) in [6.45, 7) is 1.19. The van der Waals surface area contributed by atoms with Crippen LogP contribution < -0.4 is 5.73 Å². The van der Waals surface area contributed by atoms with Gasteiger partial charge in [-0.05, 0) is 19.9 Å². The second-order valence-electron chi connectivity index (χ2n) is 3.11. The van der Waals surface area contributed by atoms with Crippen molar-refractivity contribution in [1.82, 2.24) is 4.90 Å². The highest BCUT2D eigenvalue weighted by Gasteiger charge is 2.21. The van der Waals surface area contributed by atoms with Crippen LogP contribution in [0.5, 0.6) is 0 Å². The summed E-state index contributed by atoms with van der Waals surface area (Å²) >= 11 is 0. The monoisotopic (exact) mass is 144 g/mol. The van der Waals surface area contributed by atoms with E-state index in [-0.39, 0.29) is 6.61 Å². The second-order valence-corrected chi connectivity index (χ2v) is 3.11. The molecule has 0 amide bonds. The summed E-state index contributed by atoms with van der Waals surface area (Å²) in [4.78, 5) is 2.13. The molecule has 0 radical (unpaired) electrons. The quantitative estimate of drug-likeness (QED) is 0.516. The number of aliphatic hydroxyl groups excluding tert-OH is 1. The molecule has 0 aromatic carbocycles. The predicted molar refractivity (Wildman–Crippen MR) is 40.7 cm³/mol. The van der Waals surface area contributed by atoms with Crippen molar-refractivity contribution in [3.8, 4) is 0 Å². The van der Waals surface area contributed by atoms with Crippen molar-refractivity contribution in [3.05, 3.63) is 0 Å². The Morgan fingerprint density at radius 1 is 1.60 bits per heavy atom. The van der Waals surface area contributed by atoms with Gasteiger partial charge in [-0.25, -0.2) is 0 Å².